The van der Waals surface area contributed by atoms with E-state index in [1.165, 1.54) is 0 Å². The summed E-state index contributed by atoms with van der Waals surface area (Å²) in [6, 6.07) is 5.83. The molecule has 0 aliphatic rings. The highest BCUT2D eigenvalue weighted by molar-refractivity contribution is 5.88. The lowest BCUT2D eigenvalue weighted by Gasteiger charge is -2.11. The van der Waals surface area contributed by atoms with Crippen LogP contribution < -0.4 is 0 Å². The van der Waals surface area contributed by atoms with Crippen LogP contribution >= 0.6 is 0 Å². The van der Waals surface area contributed by atoms with Crippen LogP contribution in [-0.2, 0) is 0 Å². The van der Waals surface area contributed by atoms with Gasteiger partial charge in [-0.3, -0.25) is 4.98 Å². The van der Waals surface area contributed by atoms with Gasteiger partial charge >= 0.3 is 0 Å². The van der Waals surface area contributed by atoms with Crippen molar-refractivity contribution >= 4 is 16.7 Å². The van der Waals surface area contributed by atoms with Gasteiger partial charge in [-0.05, 0) is 17.3 Å². The van der Waals surface area contributed by atoms with E-state index in [1.807, 2.05) is 18.2 Å². The molecule has 3 nitrogen and oxygen atoms in total. The van der Waals surface area contributed by atoms with Gasteiger partial charge < -0.3 is 10.3 Å². The molecule has 2 aromatic rings. The molecule has 0 aliphatic carbocycles. The van der Waals surface area contributed by atoms with Crippen LogP contribution in [0.15, 0.2) is 30.6 Å². The molecule has 0 radical (unpaired) electrons. The number of hydrogen-bond donors (Lipinski definition) is 0. The largest absolute Gasteiger partial charge is 0.467 e. The minimum absolute atomic E-state index is 0.702. The Morgan fingerprint density at radius 1 is 1.17 bits per heavy atom. The van der Waals surface area contributed by atoms with E-state index in [4.69, 9.17) is 0 Å². The van der Waals surface area contributed by atoms with Crippen molar-refractivity contribution in [3.8, 4) is 0 Å². The summed E-state index contributed by atoms with van der Waals surface area (Å²) < 4.78 is 0. The van der Waals surface area contributed by atoms with Crippen molar-refractivity contribution in [2.75, 3.05) is 7.05 Å². The molecule has 0 atom stereocenters. The van der Waals surface area contributed by atoms with Crippen LogP contribution in [0.2, 0.25) is 0 Å². The SMILES string of the molecule is C[N-]c1nccc2cccnc12. The van der Waals surface area contributed by atoms with Crippen molar-refractivity contribution in [3.05, 3.63) is 35.9 Å². The Balaban J connectivity index is 2.79. The van der Waals surface area contributed by atoms with Crippen molar-refractivity contribution in [2.24, 2.45) is 0 Å². The van der Waals surface area contributed by atoms with Gasteiger partial charge in [-0.2, -0.15) is 0 Å². The van der Waals surface area contributed by atoms with Crippen LogP contribution in [0.25, 0.3) is 16.2 Å². The van der Waals surface area contributed by atoms with Crippen molar-refractivity contribution < 1.29 is 0 Å². The molecule has 0 spiro atoms. The van der Waals surface area contributed by atoms with E-state index in [9.17, 15) is 0 Å². The summed E-state index contributed by atoms with van der Waals surface area (Å²) in [5.41, 5.74) is 0.863. The fourth-order valence-corrected chi connectivity index (χ4v) is 1.15. The monoisotopic (exact) mass is 158 g/mol. The van der Waals surface area contributed by atoms with Gasteiger partial charge in [0.05, 0.1) is 5.52 Å². The molecule has 12 heavy (non-hydrogen) atoms. The smallest absolute Gasteiger partial charge is 0.0690 e. The third kappa shape index (κ3) is 0.993. The number of nitrogens with zero attached hydrogens (tertiary/aromatic N) is 3. The maximum absolute atomic E-state index is 4.20. The van der Waals surface area contributed by atoms with Crippen LogP contribution in [-0.4, -0.2) is 17.0 Å². The lowest BCUT2D eigenvalue weighted by Crippen LogP contribution is -1.81. The highest BCUT2D eigenvalue weighted by atomic mass is 15.0. The standard InChI is InChI=1S/C9H8N3/c1-10-9-8-7(4-6-12-9)3-2-5-11-8/h2-6H,1H3/q-1. The second-order valence-electron chi connectivity index (χ2n) is 2.43. The van der Waals surface area contributed by atoms with Gasteiger partial charge in [-0.25, -0.2) is 0 Å². The molecule has 0 N–H and O–H groups in total. The summed E-state index contributed by atoms with van der Waals surface area (Å²) in [4.78, 5) is 8.29. The molecule has 2 heterocycles. The minimum atomic E-state index is 0.702. The first-order valence-corrected chi connectivity index (χ1v) is 3.71. The molecule has 0 saturated heterocycles. The second kappa shape index (κ2) is 2.77. The molecule has 2 aromatic heterocycles. The molecule has 0 fully saturated rings. The third-order valence-electron chi connectivity index (χ3n) is 1.71. The molecule has 0 unspecified atom stereocenters. The molecule has 2 rings (SSSR count). The predicted molar refractivity (Wildman–Crippen MR) is 48.5 cm³/mol. The van der Waals surface area contributed by atoms with E-state index in [-0.39, 0.29) is 0 Å². The Hall–Kier alpha value is -1.64. The van der Waals surface area contributed by atoms with Crippen molar-refractivity contribution in [1.29, 1.82) is 0 Å². The molecule has 0 saturated carbocycles. The van der Waals surface area contributed by atoms with Crippen molar-refractivity contribution in [3.63, 3.8) is 0 Å². The number of pyridine rings is 2. The Morgan fingerprint density at radius 3 is 2.92 bits per heavy atom. The zero-order valence-electron chi connectivity index (χ0n) is 6.73. The first-order chi connectivity index (χ1) is 5.92. The number of aromatic nitrogens is 2. The summed E-state index contributed by atoms with van der Waals surface area (Å²) in [7, 11) is 1.72. The summed E-state index contributed by atoms with van der Waals surface area (Å²) in [5, 5.41) is 5.10. The average Bonchev–Trinajstić information content (AvgIpc) is 2.17. The average molecular weight is 158 g/mol. The number of fused-ring (bicyclic) bond motifs is 1. The molecule has 0 bridgehead atoms. The molecule has 0 aromatic carbocycles. The van der Waals surface area contributed by atoms with Gasteiger partial charge in [0.1, 0.15) is 0 Å². The van der Waals surface area contributed by atoms with Gasteiger partial charge in [0.25, 0.3) is 0 Å². The highest BCUT2D eigenvalue weighted by Crippen LogP contribution is 2.22. The van der Waals surface area contributed by atoms with Crippen LogP contribution in [0.3, 0.4) is 0 Å². The van der Waals surface area contributed by atoms with E-state index in [2.05, 4.69) is 15.3 Å². The maximum atomic E-state index is 4.20. The second-order valence-corrected chi connectivity index (χ2v) is 2.43. The fourth-order valence-electron chi connectivity index (χ4n) is 1.15. The third-order valence-corrected chi connectivity index (χ3v) is 1.71. The van der Waals surface area contributed by atoms with Crippen molar-refractivity contribution in [1.82, 2.24) is 9.97 Å². The first-order valence-electron chi connectivity index (χ1n) is 3.71. The van der Waals surface area contributed by atoms with E-state index < -0.39 is 0 Å². The van der Waals surface area contributed by atoms with Gasteiger partial charge in [0, 0.05) is 6.20 Å². The van der Waals surface area contributed by atoms with Gasteiger partial charge in [-0.15, -0.1) is 0 Å². The lowest BCUT2D eigenvalue weighted by atomic mass is 10.2. The van der Waals surface area contributed by atoms with E-state index in [0.29, 0.717) is 5.82 Å². The quantitative estimate of drug-likeness (QED) is 0.638. The zero-order valence-corrected chi connectivity index (χ0v) is 6.73. The maximum Gasteiger partial charge on any atom is 0.0690 e. The molecular formula is C9H8N3-. The van der Waals surface area contributed by atoms with Gasteiger partial charge in [-0.1, -0.05) is 25.4 Å². The molecular weight excluding hydrogens is 150 g/mol. The zero-order chi connectivity index (χ0) is 8.39. The lowest BCUT2D eigenvalue weighted by molar-refractivity contribution is 1.31. The normalized spacial score (nSPS) is 10.1. The number of rotatable bonds is 1. The topological polar surface area (TPSA) is 39.9 Å². The van der Waals surface area contributed by atoms with Gasteiger partial charge in [0.15, 0.2) is 0 Å². The summed E-state index contributed by atoms with van der Waals surface area (Å²) >= 11 is 0. The Morgan fingerprint density at radius 2 is 2.08 bits per heavy atom. The Bertz CT molecular complexity index is 392. The van der Waals surface area contributed by atoms with Crippen molar-refractivity contribution in [2.45, 2.75) is 0 Å². The van der Waals surface area contributed by atoms with Crippen LogP contribution in [0.4, 0.5) is 5.82 Å². The minimum Gasteiger partial charge on any atom is -0.467 e. The molecule has 60 valence electrons. The number of hydrogen-bond acceptors (Lipinski definition) is 2. The molecule has 0 amide bonds. The summed E-state index contributed by atoms with van der Waals surface area (Å²) in [6.45, 7) is 0. The van der Waals surface area contributed by atoms with Crippen LogP contribution in [0, 0.1) is 0 Å². The Labute approximate surface area is 70.5 Å². The van der Waals surface area contributed by atoms with Crippen LogP contribution in [0.5, 0.6) is 0 Å². The van der Waals surface area contributed by atoms with Crippen LogP contribution in [0.1, 0.15) is 0 Å². The van der Waals surface area contributed by atoms with E-state index in [1.54, 1.807) is 19.4 Å². The highest BCUT2D eigenvalue weighted by Gasteiger charge is 1.91. The van der Waals surface area contributed by atoms with E-state index in [0.717, 1.165) is 10.9 Å². The summed E-state index contributed by atoms with van der Waals surface area (Å²) in [5.74, 6) is 0.702. The Kier molecular flexibility index (Phi) is 1.63. The molecule has 0 aliphatic heterocycles. The summed E-state index contributed by atoms with van der Waals surface area (Å²) in [6.07, 6.45) is 3.49. The fraction of sp³-hybridized carbons (Fsp3) is 0.111. The molecule has 3 heteroatoms. The van der Waals surface area contributed by atoms with E-state index >= 15 is 0 Å². The predicted octanol–water partition coefficient (Wildman–Crippen LogP) is 2.26. The van der Waals surface area contributed by atoms with Gasteiger partial charge in [0.2, 0.25) is 0 Å². The first kappa shape index (κ1) is 7.03.